The van der Waals surface area contributed by atoms with E-state index in [9.17, 15) is 4.79 Å². The molecule has 1 atom stereocenters. The van der Waals surface area contributed by atoms with Gasteiger partial charge in [-0.1, -0.05) is 0 Å². The molecule has 0 aromatic rings. The Morgan fingerprint density at radius 2 is 2.29 bits per heavy atom. The number of hydrogen-bond donors (Lipinski definition) is 4. The number of nitrogens with two attached hydrogens (primary N) is 2. The second-order valence-corrected chi connectivity index (χ2v) is 2.64. The Hall–Kier alpha value is -1.34. The fourth-order valence-electron chi connectivity index (χ4n) is 0.658. The van der Waals surface area contributed by atoms with Gasteiger partial charge in [0.15, 0.2) is 0 Å². The number of aliphatic imine (C=N–C) groups is 1. The summed E-state index contributed by atoms with van der Waals surface area (Å²) in [6.07, 6.45) is 0. The molecule has 0 aromatic heterocycles. The van der Waals surface area contributed by atoms with Crippen molar-refractivity contribution in [3.63, 3.8) is 0 Å². The molecule has 1 unspecified atom stereocenters. The van der Waals surface area contributed by atoms with E-state index >= 15 is 0 Å². The number of ether oxygens (including phenoxy) is 1. The van der Waals surface area contributed by atoms with Crippen LogP contribution in [0.3, 0.4) is 0 Å². The third-order valence-corrected chi connectivity index (χ3v) is 1.48. The minimum Gasteiger partial charge on any atom is -0.383 e. The van der Waals surface area contributed by atoms with E-state index in [4.69, 9.17) is 16.3 Å². The minimum atomic E-state index is -0.521. The molecule has 0 rings (SSSR count). The zero-order valence-corrected chi connectivity index (χ0v) is 8.41. The molecule has 0 aliphatic carbocycles. The first-order chi connectivity index (χ1) is 6.61. The van der Waals surface area contributed by atoms with Crippen LogP contribution in [-0.2, 0) is 9.53 Å². The number of guanidine groups is 1. The van der Waals surface area contributed by atoms with Gasteiger partial charge in [-0.25, -0.2) is 10.8 Å². The molecule has 0 aliphatic rings. The number of carbonyl (C=O) groups is 1. The molecule has 0 spiro atoms. The molecule has 14 heavy (non-hydrogen) atoms. The average molecular weight is 203 g/mol. The molecule has 0 fully saturated rings. The van der Waals surface area contributed by atoms with Crippen LogP contribution in [-0.4, -0.2) is 38.2 Å². The third kappa shape index (κ3) is 5.33. The molecule has 7 nitrogen and oxygen atoms in total. The van der Waals surface area contributed by atoms with Crippen molar-refractivity contribution in [1.29, 1.82) is 0 Å². The van der Waals surface area contributed by atoms with Gasteiger partial charge < -0.3 is 15.8 Å². The molecule has 7 heteroatoms. The highest BCUT2D eigenvalue weighted by Crippen LogP contribution is 1.80. The summed E-state index contributed by atoms with van der Waals surface area (Å²) in [5.41, 5.74) is 7.37. The van der Waals surface area contributed by atoms with Crippen molar-refractivity contribution in [2.45, 2.75) is 13.0 Å². The summed E-state index contributed by atoms with van der Waals surface area (Å²) in [5.74, 6) is 5.01. The molecular formula is C7H17N5O2. The monoisotopic (exact) mass is 203 g/mol. The largest absolute Gasteiger partial charge is 0.383 e. The number of hydrazine groups is 1. The summed E-state index contributed by atoms with van der Waals surface area (Å²) in [5, 5.41) is 2.71. The van der Waals surface area contributed by atoms with Gasteiger partial charge in [-0.15, -0.1) is 0 Å². The molecule has 0 heterocycles. The Balaban J connectivity index is 4.00. The Bertz CT molecular complexity index is 206. The summed E-state index contributed by atoms with van der Waals surface area (Å²) in [4.78, 5) is 14.7. The van der Waals surface area contributed by atoms with Crippen molar-refractivity contribution < 1.29 is 9.53 Å². The van der Waals surface area contributed by atoms with Crippen molar-refractivity contribution in [2.75, 3.05) is 20.3 Å². The SMILES string of the molecule is COCCN=C(NN)NC(C)C(N)=O. The van der Waals surface area contributed by atoms with Gasteiger partial charge in [-0.2, -0.15) is 0 Å². The van der Waals surface area contributed by atoms with E-state index in [1.807, 2.05) is 0 Å². The van der Waals surface area contributed by atoms with E-state index in [2.05, 4.69) is 15.7 Å². The first-order valence-electron chi connectivity index (χ1n) is 4.17. The number of primary amides is 1. The predicted molar refractivity (Wildman–Crippen MR) is 53.3 cm³/mol. The highest BCUT2D eigenvalue weighted by atomic mass is 16.5. The van der Waals surface area contributed by atoms with E-state index < -0.39 is 11.9 Å². The second-order valence-electron chi connectivity index (χ2n) is 2.64. The van der Waals surface area contributed by atoms with Crippen molar-refractivity contribution in [1.82, 2.24) is 10.7 Å². The molecule has 0 aliphatic heterocycles. The van der Waals surface area contributed by atoms with Crippen LogP contribution in [0, 0.1) is 0 Å². The number of rotatable bonds is 5. The maximum absolute atomic E-state index is 10.7. The maximum Gasteiger partial charge on any atom is 0.239 e. The summed E-state index contributed by atoms with van der Waals surface area (Å²) in [7, 11) is 1.57. The summed E-state index contributed by atoms with van der Waals surface area (Å²) >= 11 is 0. The van der Waals surface area contributed by atoms with Gasteiger partial charge in [0.1, 0.15) is 6.04 Å². The zero-order chi connectivity index (χ0) is 11.0. The smallest absolute Gasteiger partial charge is 0.239 e. The van der Waals surface area contributed by atoms with Crippen LogP contribution in [0.5, 0.6) is 0 Å². The highest BCUT2D eigenvalue weighted by molar-refractivity contribution is 5.87. The normalized spacial score (nSPS) is 13.5. The fourth-order valence-corrected chi connectivity index (χ4v) is 0.658. The molecule has 6 N–H and O–H groups in total. The topological polar surface area (TPSA) is 115 Å². The third-order valence-electron chi connectivity index (χ3n) is 1.48. The quantitative estimate of drug-likeness (QED) is 0.134. The molecule has 0 radical (unpaired) electrons. The molecule has 0 bridgehead atoms. The summed E-state index contributed by atoms with van der Waals surface area (Å²) in [6.45, 7) is 2.55. The number of nitrogens with zero attached hydrogens (tertiary/aromatic N) is 1. The maximum atomic E-state index is 10.7. The molecular weight excluding hydrogens is 186 g/mol. The molecule has 0 aromatic carbocycles. The van der Waals surface area contributed by atoms with E-state index in [0.717, 1.165) is 0 Å². The second kappa shape index (κ2) is 7.10. The van der Waals surface area contributed by atoms with E-state index in [0.29, 0.717) is 19.1 Å². The van der Waals surface area contributed by atoms with Gasteiger partial charge >= 0.3 is 0 Å². The van der Waals surface area contributed by atoms with Crippen molar-refractivity contribution in [2.24, 2.45) is 16.6 Å². The van der Waals surface area contributed by atoms with Crippen LogP contribution in [0.4, 0.5) is 0 Å². The lowest BCUT2D eigenvalue weighted by Gasteiger charge is -2.13. The Morgan fingerprint density at radius 3 is 2.71 bits per heavy atom. The number of nitrogens with one attached hydrogen (secondary N) is 2. The molecule has 0 saturated carbocycles. The van der Waals surface area contributed by atoms with Crippen LogP contribution < -0.4 is 22.3 Å². The average Bonchev–Trinajstić information content (AvgIpc) is 2.16. The van der Waals surface area contributed by atoms with Crippen LogP contribution in [0.15, 0.2) is 4.99 Å². The van der Waals surface area contributed by atoms with Gasteiger partial charge in [0.2, 0.25) is 11.9 Å². The van der Waals surface area contributed by atoms with Crippen molar-refractivity contribution in [3.05, 3.63) is 0 Å². The summed E-state index contributed by atoms with van der Waals surface area (Å²) in [6, 6.07) is -0.521. The standard InChI is InChI=1S/C7H17N5O2/c1-5(6(8)13)11-7(12-9)10-3-4-14-2/h5H,3-4,9H2,1-2H3,(H2,8,13)(H2,10,11,12). The van der Waals surface area contributed by atoms with E-state index in [1.165, 1.54) is 0 Å². The number of methoxy groups -OCH3 is 1. The zero-order valence-electron chi connectivity index (χ0n) is 8.41. The van der Waals surface area contributed by atoms with Crippen molar-refractivity contribution in [3.8, 4) is 0 Å². The fraction of sp³-hybridized carbons (Fsp3) is 0.714. The lowest BCUT2D eigenvalue weighted by atomic mass is 10.3. The Morgan fingerprint density at radius 1 is 1.64 bits per heavy atom. The van der Waals surface area contributed by atoms with Gasteiger partial charge in [-0.3, -0.25) is 10.2 Å². The molecule has 82 valence electrons. The van der Waals surface area contributed by atoms with Gasteiger partial charge in [0.05, 0.1) is 13.2 Å². The van der Waals surface area contributed by atoms with Gasteiger partial charge in [0.25, 0.3) is 0 Å². The van der Waals surface area contributed by atoms with Crippen LogP contribution in [0.1, 0.15) is 6.92 Å². The Labute approximate surface area is 82.8 Å². The summed E-state index contributed by atoms with van der Waals surface area (Å²) < 4.78 is 4.79. The lowest BCUT2D eigenvalue weighted by Crippen LogP contribution is -2.50. The van der Waals surface area contributed by atoms with E-state index in [-0.39, 0.29) is 0 Å². The number of amides is 1. The van der Waals surface area contributed by atoms with Crippen LogP contribution >= 0.6 is 0 Å². The first-order valence-corrected chi connectivity index (χ1v) is 4.17. The first kappa shape index (κ1) is 12.7. The number of carbonyl (C=O) groups excluding carboxylic acids is 1. The molecule has 0 saturated heterocycles. The van der Waals surface area contributed by atoms with Gasteiger partial charge in [0, 0.05) is 7.11 Å². The lowest BCUT2D eigenvalue weighted by molar-refractivity contribution is -0.119. The highest BCUT2D eigenvalue weighted by Gasteiger charge is 2.09. The molecule has 1 amide bonds. The van der Waals surface area contributed by atoms with Crippen molar-refractivity contribution >= 4 is 11.9 Å². The minimum absolute atomic E-state index is 0.313. The van der Waals surface area contributed by atoms with E-state index in [1.54, 1.807) is 14.0 Å². The van der Waals surface area contributed by atoms with Gasteiger partial charge in [-0.05, 0) is 6.92 Å². The number of hydrogen-bond acceptors (Lipinski definition) is 4. The Kier molecular flexibility index (Phi) is 6.42. The van der Waals surface area contributed by atoms with Crippen LogP contribution in [0.25, 0.3) is 0 Å². The van der Waals surface area contributed by atoms with Crippen LogP contribution in [0.2, 0.25) is 0 Å². The predicted octanol–water partition coefficient (Wildman–Crippen LogP) is -2.08.